The normalized spacial score (nSPS) is 10.6. The first kappa shape index (κ1) is 19.9. The molecule has 3 N–H and O–H groups in total. The van der Waals surface area contributed by atoms with Gasteiger partial charge in [0.05, 0.1) is 12.2 Å². The molecule has 1 amide bonds. The van der Waals surface area contributed by atoms with Crippen molar-refractivity contribution in [1.82, 2.24) is 0 Å². The molecule has 9 heteroatoms. The van der Waals surface area contributed by atoms with Gasteiger partial charge in [-0.1, -0.05) is 0 Å². The maximum Gasteiger partial charge on any atom is 0.411 e. The molecular weight excluding hydrogens is 383 g/mol. The standard InChI is InChI=1S/C20H17FN2O6/c1-2-27-20(26)23-13-4-6-14-11(7-18(24)29-17(14)9-13)10-28-19(25)15-5-3-12(21)8-16(15)22/h3-9H,2,10,22H2,1H3,(H,23,26). The molecule has 0 unspecified atom stereocenters. The molecule has 0 fully saturated rings. The van der Waals surface area contributed by atoms with Crippen LogP contribution in [0.4, 0.5) is 20.6 Å². The zero-order chi connectivity index (χ0) is 21.0. The van der Waals surface area contributed by atoms with Gasteiger partial charge in [0, 0.05) is 34.5 Å². The number of anilines is 2. The fourth-order valence-corrected chi connectivity index (χ4v) is 2.65. The fourth-order valence-electron chi connectivity index (χ4n) is 2.65. The maximum atomic E-state index is 13.1. The van der Waals surface area contributed by atoms with E-state index >= 15 is 0 Å². The zero-order valence-electron chi connectivity index (χ0n) is 15.4. The summed E-state index contributed by atoms with van der Waals surface area (Å²) in [5.74, 6) is -1.33. The second kappa shape index (κ2) is 8.42. The molecule has 0 bridgehead atoms. The summed E-state index contributed by atoms with van der Waals surface area (Å²) in [5, 5.41) is 3.02. The topological polar surface area (TPSA) is 121 Å². The van der Waals surface area contributed by atoms with Gasteiger partial charge in [0.25, 0.3) is 0 Å². The van der Waals surface area contributed by atoms with Gasteiger partial charge < -0.3 is 19.6 Å². The summed E-state index contributed by atoms with van der Waals surface area (Å²) in [4.78, 5) is 35.6. The van der Waals surface area contributed by atoms with Gasteiger partial charge in [0.15, 0.2) is 0 Å². The highest BCUT2D eigenvalue weighted by Gasteiger charge is 2.14. The molecule has 8 nitrogen and oxygen atoms in total. The molecule has 0 aliphatic heterocycles. The van der Waals surface area contributed by atoms with Crippen LogP contribution in [-0.4, -0.2) is 18.7 Å². The van der Waals surface area contributed by atoms with E-state index in [0.29, 0.717) is 16.6 Å². The van der Waals surface area contributed by atoms with E-state index in [1.54, 1.807) is 19.1 Å². The van der Waals surface area contributed by atoms with Crippen LogP contribution in [0.25, 0.3) is 11.0 Å². The average molecular weight is 400 g/mol. The highest BCUT2D eigenvalue weighted by Crippen LogP contribution is 2.23. The number of fused-ring (bicyclic) bond motifs is 1. The van der Waals surface area contributed by atoms with Crippen molar-refractivity contribution in [2.24, 2.45) is 0 Å². The quantitative estimate of drug-likeness (QED) is 0.382. The predicted molar refractivity (Wildman–Crippen MR) is 103 cm³/mol. The first-order chi connectivity index (χ1) is 13.9. The summed E-state index contributed by atoms with van der Waals surface area (Å²) in [6.45, 7) is 1.65. The number of ether oxygens (including phenoxy) is 2. The first-order valence-electron chi connectivity index (χ1n) is 8.60. The monoisotopic (exact) mass is 400 g/mol. The van der Waals surface area contributed by atoms with Crippen molar-refractivity contribution < 1.29 is 27.9 Å². The number of nitrogens with one attached hydrogen (secondary N) is 1. The van der Waals surface area contributed by atoms with Gasteiger partial charge in [-0.15, -0.1) is 0 Å². The van der Waals surface area contributed by atoms with Crippen LogP contribution < -0.4 is 16.7 Å². The Kier molecular flexibility index (Phi) is 5.77. The van der Waals surface area contributed by atoms with Crippen molar-refractivity contribution in [2.45, 2.75) is 13.5 Å². The molecule has 0 saturated heterocycles. The van der Waals surface area contributed by atoms with E-state index in [1.807, 2.05) is 0 Å². The number of carbonyl (C=O) groups is 2. The van der Waals surface area contributed by atoms with E-state index in [-0.39, 0.29) is 30.0 Å². The van der Waals surface area contributed by atoms with Crippen LogP contribution in [0.1, 0.15) is 22.8 Å². The smallest absolute Gasteiger partial charge is 0.411 e. The molecular formula is C20H17FN2O6. The summed E-state index contributed by atoms with van der Waals surface area (Å²) in [6.07, 6.45) is -0.642. The maximum absolute atomic E-state index is 13.1. The number of amides is 1. The minimum Gasteiger partial charge on any atom is -0.457 e. The van der Waals surface area contributed by atoms with E-state index in [4.69, 9.17) is 19.6 Å². The molecule has 3 rings (SSSR count). The number of nitrogens with two attached hydrogens (primary N) is 1. The second-order valence-electron chi connectivity index (χ2n) is 5.95. The van der Waals surface area contributed by atoms with Gasteiger partial charge in [-0.05, 0) is 37.3 Å². The molecule has 1 aromatic heterocycles. The Morgan fingerprint density at radius 2 is 1.93 bits per heavy atom. The molecule has 0 aliphatic rings. The number of hydrogen-bond donors (Lipinski definition) is 2. The Balaban J connectivity index is 1.82. The van der Waals surface area contributed by atoms with Crippen LogP contribution in [0.3, 0.4) is 0 Å². The van der Waals surface area contributed by atoms with Crippen LogP contribution >= 0.6 is 0 Å². The average Bonchev–Trinajstić information content (AvgIpc) is 2.65. The number of esters is 1. The molecule has 0 radical (unpaired) electrons. The van der Waals surface area contributed by atoms with E-state index in [2.05, 4.69) is 5.32 Å². The molecule has 2 aromatic carbocycles. The molecule has 150 valence electrons. The third-order valence-electron chi connectivity index (χ3n) is 3.94. The molecule has 0 atom stereocenters. The Labute approximate surface area is 164 Å². The summed E-state index contributed by atoms with van der Waals surface area (Å²) < 4.78 is 28.3. The van der Waals surface area contributed by atoms with Crippen molar-refractivity contribution in [1.29, 1.82) is 0 Å². The fraction of sp³-hybridized carbons (Fsp3) is 0.150. The largest absolute Gasteiger partial charge is 0.457 e. The number of rotatable bonds is 5. The number of halogens is 1. The van der Waals surface area contributed by atoms with Gasteiger partial charge in [-0.25, -0.2) is 18.8 Å². The van der Waals surface area contributed by atoms with Crippen LogP contribution in [0, 0.1) is 5.82 Å². The molecule has 29 heavy (non-hydrogen) atoms. The number of nitrogen functional groups attached to an aromatic ring is 1. The molecule has 0 saturated carbocycles. The lowest BCUT2D eigenvalue weighted by atomic mass is 10.1. The SMILES string of the molecule is CCOC(=O)Nc1ccc2c(COC(=O)c3ccc(F)cc3N)cc(=O)oc2c1. The van der Waals surface area contributed by atoms with Crippen LogP contribution in [-0.2, 0) is 16.1 Å². The van der Waals surface area contributed by atoms with E-state index in [9.17, 15) is 18.8 Å². The summed E-state index contributed by atoms with van der Waals surface area (Å²) in [5.41, 5.74) is 5.90. The second-order valence-corrected chi connectivity index (χ2v) is 5.95. The zero-order valence-corrected chi connectivity index (χ0v) is 15.4. The third kappa shape index (κ3) is 4.70. The highest BCUT2D eigenvalue weighted by atomic mass is 19.1. The minimum absolute atomic E-state index is 0.0135. The van der Waals surface area contributed by atoms with Crippen molar-refractivity contribution in [2.75, 3.05) is 17.7 Å². The Bertz CT molecular complexity index is 1140. The summed E-state index contributed by atoms with van der Waals surface area (Å²) in [6, 6.07) is 9.17. The van der Waals surface area contributed by atoms with Gasteiger partial charge >= 0.3 is 17.7 Å². The van der Waals surface area contributed by atoms with Gasteiger partial charge in [-0.3, -0.25) is 5.32 Å². The molecule has 0 aliphatic carbocycles. The van der Waals surface area contributed by atoms with Crippen molar-refractivity contribution in [3.05, 3.63) is 69.8 Å². The Morgan fingerprint density at radius 3 is 2.66 bits per heavy atom. The van der Waals surface area contributed by atoms with Gasteiger partial charge in [0.1, 0.15) is 18.0 Å². The number of benzene rings is 2. The van der Waals surface area contributed by atoms with Gasteiger partial charge in [0.2, 0.25) is 0 Å². The molecule has 1 heterocycles. The van der Waals surface area contributed by atoms with Crippen LogP contribution in [0.2, 0.25) is 0 Å². The first-order valence-corrected chi connectivity index (χ1v) is 8.60. The van der Waals surface area contributed by atoms with Crippen molar-refractivity contribution >= 4 is 34.4 Å². The van der Waals surface area contributed by atoms with Crippen LogP contribution in [0.5, 0.6) is 0 Å². The van der Waals surface area contributed by atoms with Crippen molar-refractivity contribution in [3.63, 3.8) is 0 Å². The minimum atomic E-state index is -0.760. The lowest BCUT2D eigenvalue weighted by Crippen LogP contribution is -2.13. The lowest BCUT2D eigenvalue weighted by Gasteiger charge is -2.10. The lowest BCUT2D eigenvalue weighted by molar-refractivity contribution is 0.0475. The van der Waals surface area contributed by atoms with Crippen LogP contribution in [0.15, 0.2) is 51.7 Å². The summed E-state index contributed by atoms with van der Waals surface area (Å²) in [7, 11) is 0. The number of hydrogen-bond acceptors (Lipinski definition) is 7. The van der Waals surface area contributed by atoms with E-state index in [1.165, 1.54) is 18.2 Å². The predicted octanol–water partition coefficient (Wildman–Crippen LogP) is 3.44. The van der Waals surface area contributed by atoms with Gasteiger partial charge in [-0.2, -0.15) is 0 Å². The Morgan fingerprint density at radius 1 is 1.14 bits per heavy atom. The molecule has 3 aromatic rings. The summed E-state index contributed by atoms with van der Waals surface area (Å²) >= 11 is 0. The highest BCUT2D eigenvalue weighted by molar-refractivity contribution is 5.95. The third-order valence-corrected chi connectivity index (χ3v) is 3.94. The number of carbonyl (C=O) groups excluding carboxylic acids is 2. The molecule has 0 spiro atoms. The van der Waals surface area contributed by atoms with E-state index in [0.717, 1.165) is 12.1 Å². The Hall–Kier alpha value is -3.88. The van der Waals surface area contributed by atoms with E-state index < -0.39 is 23.5 Å². The van der Waals surface area contributed by atoms with Crippen molar-refractivity contribution in [3.8, 4) is 0 Å².